The van der Waals surface area contributed by atoms with Crippen molar-refractivity contribution in [3.8, 4) is 0 Å². The Hall–Kier alpha value is -0.713. The first kappa shape index (κ1) is 20.3. The summed E-state index contributed by atoms with van der Waals surface area (Å²) in [7, 11) is 8.09. The number of hydrogen-bond acceptors (Lipinski definition) is 2. The molecule has 2 unspecified atom stereocenters. The molecule has 0 saturated carbocycles. The van der Waals surface area contributed by atoms with Gasteiger partial charge in [0.1, 0.15) is 6.04 Å². The molecule has 1 saturated heterocycles. The number of likely N-dealkylation sites (N-methyl/N-ethyl adjacent to an activating group) is 1. The van der Waals surface area contributed by atoms with Crippen LogP contribution < -0.4 is 23.0 Å². The van der Waals surface area contributed by atoms with Crippen molar-refractivity contribution in [3.63, 3.8) is 0 Å². The molecule has 0 bridgehead atoms. The van der Waals surface area contributed by atoms with Crippen LogP contribution in [-0.4, -0.2) is 55.0 Å². The lowest BCUT2D eigenvalue weighted by molar-refractivity contribution is -0.893. The van der Waals surface area contributed by atoms with Gasteiger partial charge in [-0.05, 0) is 34.7 Å². The number of nitrogens with two attached hydrogens (primary N) is 1. The van der Waals surface area contributed by atoms with Gasteiger partial charge in [0.15, 0.2) is 0 Å². The van der Waals surface area contributed by atoms with E-state index in [1.54, 1.807) is 0 Å². The van der Waals surface area contributed by atoms with E-state index in [0.29, 0.717) is 11.6 Å². The molecule has 1 aliphatic heterocycles. The van der Waals surface area contributed by atoms with Gasteiger partial charge in [-0.1, -0.05) is 20.8 Å². The number of nitrogen functional groups attached to an aromatic ring is 1. The molecule has 0 aromatic heterocycles. The molecule has 2 N–H and O–H groups in total. The number of rotatable bonds is 4. The van der Waals surface area contributed by atoms with Gasteiger partial charge in [0.2, 0.25) is 0 Å². The molecular formula is C18H34ClN3Si. The van der Waals surface area contributed by atoms with Crippen LogP contribution in [0, 0.1) is 0 Å². The zero-order valence-corrected chi connectivity index (χ0v) is 18.6. The van der Waals surface area contributed by atoms with Crippen LogP contribution in [-0.2, 0) is 5.41 Å². The summed E-state index contributed by atoms with van der Waals surface area (Å²) < 4.78 is 1.04. The number of quaternary nitrogens is 1. The van der Waals surface area contributed by atoms with Gasteiger partial charge in [0.05, 0.1) is 27.7 Å². The third-order valence-corrected chi connectivity index (χ3v) is 7.24. The molecule has 1 fully saturated rings. The molecular weight excluding hydrogens is 322 g/mol. The van der Waals surface area contributed by atoms with Crippen LogP contribution in [0.15, 0.2) is 18.2 Å². The lowest BCUT2D eigenvalue weighted by Crippen LogP contribution is -3.00. The zero-order valence-electron chi connectivity index (χ0n) is 15.9. The molecule has 1 aromatic carbocycles. The number of nitrogens with zero attached hydrogens (tertiary/aromatic N) is 2. The molecule has 2 atom stereocenters. The Morgan fingerprint density at radius 1 is 1.30 bits per heavy atom. The summed E-state index contributed by atoms with van der Waals surface area (Å²) in [5, 5.41) is 0. The SMILES string of the molecule is CC([SiH3])C(C)(C)c1cc(N2CCC([N+](C)(C)C)C2)ccc1N.[Cl-]. The Kier molecular flexibility index (Phi) is 6.22. The van der Waals surface area contributed by atoms with Crippen LogP contribution in [0.25, 0.3) is 0 Å². The van der Waals surface area contributed by atoms with Crippen LogP contribution in [0.4, 0.5) is 11.4 Å². The molecule has 1 aliphatic rings. The van der Waals surface area contributed by atoms with Crippen molar-refractivity contribution < 1.29 is 16.9 Å². The highest BCUT2D eigenvalue weighted by molar-refractivity contribution is 6.12. The van der Waals surface area contributed by atoms with E-state index in [4.69, 9.17) is 5.73 Å². The van der Waals surface area contributed by atoms with Crippen molar-refractivity contribution in [2.24, 2.45) is 0 Å². The van der Waals surface area contributed by atoms with Crippen molar-refractivity contribution in [2.75, 3.05) is 44.9 Å². The minimum absolute atomic E-state index is 0. The maximum absolute atomic E-state index is 6.30. The Morgan fingerprint density at radius 2 is 1.91 bits per heavy atom. The van der Waals surface area contributed by atoms with E-state index >= 15 is 0 Å². The molecule has 0 radical (unpaired) electrons. The summed E-state index contributed by atoms with van der Waals surface area (Å²) >= 11 is 0. The van der Waals surface area contributed by atoms with E-state index < -0.39 is 0 Å². The third kappa shape index (κ3) is 4.23. The predicted octanol–water partition coefficient (Wildman–Crippen LogP) is -0.991. The van der Waals surface area contributed by atoms with E-state index in [2.05, 4.69) is 65.0 Å². The number of halogens is 1. The second-order valence-corrected chi connectivity index (χ2v) is 10.4. The molecule has 5 heteroatoms. The molecule has 23 heavy (non-hydrogen) atoms. The number of anilines is 2. The molecule has 2 rings (SSSR count). The minimum atomic E-state index is 0. The monoisotopic (exact) mass is 355 g/mol. The van der Waals surface area contributed by atoms with Gasteiger partial charge >= 0.3 is 0 Å². The first-order valence-corrected chi connectivity index (χ1v) is 9.65. The minimum Gasteiger partial charge on any atom is -1.00 e. The summed E-state index contributed by atoms with van der Waals surface area (Å²) in [6, 6.07) is 7.37. The number of benzene rings is 1. The summed E-state index contributed by atoms with van der Waals surface area (Å²) in [6.07, 6.45) is 1.27. The van der Waals surface area contributed by atoms with Crippen molar-refractivity contribution in [1.82, 2.24) is 0 Å². The van der Waals surface area contributed by atoms with Crippen LogP contribution in [0.1, 0.15) is 32.8 Å². The maximum atomic E-state index is 6.30. The summed E-state index contributed by atoms with van der Waals surface area (Å²) in [6.45, 7) is 9.29. The van der Waals surface area contributed by atoms with Gasteiger partial charge in [-0.15, -0.1) is 0 Å². The quantitative estimate of drug-likeness (QED) is 0.427. The zero-order chi connectivity index (χ0) is 16.7. The lowest BCUT2D eigenvalue weighted by atomic mass is 9.80. The van der Waals surface area contributed by atoms with E-state index in [0.717, 1.165) is 23.3 Å². The van der Waals surface area contributed by atoms with Crippen molar-refractivity contribution in [2.45, 2.75) is 44.2 Å². The molecule has 1 aromatic rings. The lowest BCUT2D eigenvalue weighted by Gasteiger charge is -2.33. The molecule has 1 heterocycles. The van der Waals surface area contributed by atoms with E-state index in [1.807, 2.05) is 0 Å². The fraction of sp³-hybridized carbons (Fsp3) is 0.667. The van der Waals surface area contributed by atoms with Crippen LogP contribution in [0.2, 0.25) is 5.54 Å². The van der Waals surface area contributed by atoms with E-state index in [1.165, 1.54) is 27.9 Å². The topological polar surface area (TPSA) is 29.3 Å². The normalized spacial score (nSPS) is 20.4. The fourth-order valence-electron chi connectivity index (χ4n) is 3.22. The van der Waals surface area contributed by atoms with Gasteiger partial charge in [0.25, 0.3) is 0 Å². The molecule has 132 valence electrons. The van der Waals surface area contributed by atoms with Crippen LogP contribution >= 0.6 is 0 Å². The van der Waals surface area contributed by atoms with Gasteiger partial charge < -0.3 is 27.5 Å². The highest BCUT2D eigenvalue weighted by Gasteiger charge is 2.33. The standard InChI is InChI=1S/C18H34N3Si.ClH/c1-13(22)18(2,3)16-11-14(7-8-17(16)19)20-10-9-15(12-20)21(4,5)6;/h7-8,11,13,15H,9-10,12,19H2,1-6,22H3;1H/q+1;/p-1. The third-order valence-electron chi connectivity index (χ3n) is 5.80. The molecule has 0 amide bonds. The van der Waals surface area contributed by atoms with Crippen LogP contribution in [0.3, 0.4) is 0 Å². The maximum Gasteiger partial charge on any atom is 0.108 e. The Labute approximate surface area is 151 Å². The second-order valence-electron chi connectivity index (χ2n) is 8.65. The average Bonchev–Trinajstić information content (AvgIpc) is 2.88. The summed E-state index contributed by atoms with van der Waals surface area (Å²) in [5.74, 6) is 0. The smallest absolute Gasteiger partial charge is 0.108 e. The van der Waals surface area contributed by atoms with Crippen molar-refractivity contribution >= 4 is 21.6 Å². The van der Waals surface area contributed by atoms with Gasteiger partial charge in [0, 0.05) is 34.6 Å². The molecule has 0 spiro atoms. The predicted molar refractivity (Wildman–Crippen MR) is 102 cm³/mol. The average molecular weight is 356 g/mol. The second kappa shape index (κ2) is 7.04. The highest BCUT2D eigenvalue weighted by atomic mass is 35.5. The number of hydrogen-bond donors (Lipinski definition) is 1. The molecule has 3 nitrogen and oxygen atoms in total. The first-order valence-electron chi connectivity index (χ1n) is 8.49. The van der Waals surface area contributed by atoms with Crippen molar-refractivity contribution in [1.29, 1.82) is 0 Å². The summed E-state index contributed by atoms with van der Waals surface area (Å²) in [5.41, 5.74) is 10.8. The largest absolute Gasteiger partial charge is 1.00 e. The Balaban J connectivity index is 0.00000264. The first-order chi connectivity index (χ1) is 10.0. The Bertz CT molecular complexity index is 538. The van der Waals surface area contributed by atoms with Gasteiger partial charge in [-0.3, -0.25) is 0 Å². The van der Waals surface area contributed by atoms with E-state index in [-0.39, 0.29) is 17.8 Å². The Morgan fingerprint density at radius 3 is 2.39 bits per heavy atom. The fourth-order valence-corrected chi connectivity index (χ4v) is 3.53. The molecule has 0 aliphatic carbocycles. The van der Waals surface area contributed by atoms with E-state index in [9.17, 15) is 0 Å². The van der Waals surface area contributed by atoms with Gasteiger partial charge in [-0.25, -0.2) is 0 Å². The highest BCUT2D eigenvalue weighted by Crippen LogP contribution is 2.39. The van der Waals surface area contributed by atoms with Crippen LogP contribution in [0.5, 0.6) is 0 Å². The van der Waals surface area contributed by atoms with Crippen molar-refractivity contribution in [3.05, 3.63) is 23.8 Å². The van der Waals surface area contributed by atoms with Gasteiger partial charge in [-0.2, -0.15) is 0 Å². The summed E-state index contributed by atoms with van der Waals surface area (Å²) in [4.78, 5) is 2.53.